The van der Waals surface area contributed by atoms with Crippen LogP contribution < -0.4 is 9.46 Å². The Morgan fingerprint density at radius 1 is 0.897 bits per heavy atom. The fraction of sp³-hybridized carbons (Fsp3) is 0.167. The van der Waals surface area contributed by atoms with Crippen molar-refractivity contribution < 1.29 is 17.6 Å². The van der Waals surface area contributed by atoms with Crippen molar-refractivity contribution in [2.24, 2.45) is 0 Å². The van der Waals surface area contributed by atoms with Crippen molar-refractivity contribution in [2.75, 3.05) is 18.4 Å². The van der Waals surface area contributed by atoms with E-state index in [1.807, 2.05) is 41.0 Å². The predicted molar refractivity (Wildman–Crippen MR) is 156 cm³/mol. The van der Waals surface area contributed by atoms with Crippen LogP contribution in [0.2, 0.25) is 0 Å². The van der Waals surface area contributed by atoms with Crippen LogP contribution in [0.5, 0.6) is 5.75 Å². The number of nitrogens with one attached hydrogen (secondary N) is 1. The Morgan fingerprint density at radius 3 is 2.28 bits per heavy atom. The topological polar surface area (TPSA) is 76.7 Å². The van der Waals surface area contributed by atoms with Crippen LogP contribution in [0.3, 0.4) is 0 Å². The van der Waals surface area contributed by atoms with Crippen LogP contribution in [0.15, 0.2) is 112 Å². The molecule has 0 atom stereocenters. The van der Waals surface area contributed by atoms with Crippen molar-refractivity contribution >= 4 is 39.0 Å². The monoisotopic (exact) mass is 559 g/mol. The minimum atomic E-state index is -3.90. The third-order valence-corrected chi connectivity index (χ3v) is 8.12. The van der Waals surface area contributed by atoms with Crippen molar-refractivity contribution in [3.05, 3.63) is 119 Å². The molecule has 4 aromatic carbocycles. The molecule has 200 valence electrons. The number of anilines is 1. The van der Waals surface area contributed by atoms with Gasteiger partial charge in [0.2, 0.25) is 0 Å². The molecule has 0 spiro atoms. The molecule has 0 aliphatic heterocycles. The molecule has 9 heteroatoms. The maximum absolute atomic E-state index is 13.3. The van der Waals surface area contributed by atoms with Crippen LogP contribution >= 0.6 is 12.2 Å². The average Bonchev–Trinajstić information content (AvgIpc) is 3.27. The highest BCUT2D eigenvalue weighted by Crippen LogP contribution is 2.28. The molecule has 0 aliphatic rings. The van der Waals surface area contributed by atoms with Crippen molar-refractivity contribution in [1.29, 1.82) is 0 Å². The van der Waals surface area contributed by atoms with E-state index < -0.39 is 10.0 Å². The Balaban J connectivity index is 1.45. The molecule has 0 bridgehead atoms. The molecule has 5 aromatic rings. The first kappa shape index (κ1) is 26.7. The SMILES string of the molecule is COc1ccccc1NS(=O)(=O)c1ccc2oc(=S)n(CN(CCc3ccccc3)Cc3ccccc3)c2c1. The third kappa shape index (κ3) is 6.39. The number of methoxy groups -OCH3 is 1. The van der Waals surface area contributed by atoms with E-state index in [0.29, 0.717) is 35.8 Å². The van der Waals surface area contributed by atoms with Gasteiger partial charge in [-0.15, -0.1) is 0 Å². The van der Waals surface area contributed by atoms with Crippen molar-refractivity contribution in [3.63, 3.8) is 0 Å². The van der Waals surface area contributed by atoms with E-state index in [-0.39, 0.29) is 9.73 Å². The van der Waals surface area contributed by atoms with Gasteiger partial charge in [-0.3, -0.25) is 14.2 Å². The van der Waals surface area contributed by atoms with Gasteiger partial charge in [0.25, 0.3) is 14.9 Å². The predicted octanol–water partition coefficient (Wildman–Crippen LogP) is 6.48. The number of nitrogens with zero attached hydrogens (tertiary/aromatic N) is 2. The van der Waals surface area contributed by atoms with E-state index in [9.17, 15) is 8.42 Å². The van der Waals surface area contributed by atoms with E-state index >= 15 is 0 Å². The number of para-hydroxylation sites is 2. The van der Waals surface area contributed by atoms with E-state index in [4.69, 9.17) is 21.4 Å². The third-order valence-electron chi connectivity index (χ3n) is 6.45. The van der Waals surface area contributed by atoms with Gasteiger partial charge in [-0.1, -0.05) is 72.8 Å². The molecular weight excluding hydrogens is 530 g/mol. The summed E-state index contributed by atoms with van der Waals surface area (Å²) in [6.45, 7) is 1.92. The summed E-state index contributed by atoms with van der Waals surface area (Å²) in [7, 11) is -2.40. The van der Waals surface area contributed by atoms with Gasteiger partial charge in [-0.05, 0) is 60.1 Å². The molecule has 1 aromatic heterocycles. The van der Waals surface area contributed by atoms with Crippen molar-refractivity contribution in [1.82, 2.24) is 9.47 Å². The molecule has 0 amide bonds. The lowest BCUT2D eigenvalue weighted by Crippen LogP contribution is -2.28. The highest BCUT2D eigenvalue weighted by molar-refractivity contribution is 7.92. The van der Waals surface area contributed by atoms with Gasteiger partial charge >= 0.3 is 0 Å². The second-order valence-electron chi connectivity index (χ2n) is 9.15. The number of oxazole rings is 1. The molecule has 0 saturated heterocycles. The summed E-state index contributed by atoms with van der Waals surface area (Å²) in [4.78, 5) is 2.67. The van der Waals surface area contributed by atoms with Gasteiger partial charge in [0.15, 0.2) is 5.58 Å². The summed E-state index contributed by atoms with van der Waals surface area (Å²) in [5.74, 6) is 0.434. The van der Waals surface area contributed by atoms with Crippen molar-refractivity contribution in [2.45, 2.75) is 24.5 Å². The lowest BCUT2D eigenvalue weighted by atomic mass is 10.1. The normalized spacial score (nSPS) is 11.6. The van der Waals surface area contributed by atoms with Gasteiger partial charge < -0.3 is 9.15 Å². The summed E-state index contributed by atoms with van der Waals surface area (Å²) < 4.78 is 42.3. The van der Waals surface area contributed by atoms with Gasteiger partial charge in [0.05, 0.1) is 29.9 Å². The molecule has 0 aliphatic carbocycles. The van der Waals surface area contributed by atoms with Gasteiger partial charge in [0.1, 0.15) is 5.75 Å². The molecular formula is C30H29N3O4S2. The van der Waals surface area contributed by atoms with Gasteiger partial charge in [-0.2, -0.15) is 0 Å². The fourth-order valence-electron chi connectivity index (χ4n) is 4.45. The number of hydrogen-bond donors (Lipinski definition) is 1. The highest BCUT2D eigenvalue weighted by atomic mass is 32.2. The van der Waals surface area contributed by atoms with Gasteiger partial charge in [0, 0.05) is 13.1 Å². The van der Waals surface area contributed by atoms with Crippen LogP contribution in [0.1, 0.15) is 11.1 Å². The van der Waals surface area contributed by atoms with Crippen molar-refractivity contribution in [3.8, 4) is 5.75 Å². The number of sulfonamides is 1. The minimum absolute atomic E-state index is 0.101. The Bertz CT molecular complexity index is 1720. The Hall–Kier alpha value is -3.92. The average molecular weight is 560 g/mol. The number of benzene rings is 4. The fourth-order valence-corrected chi connectivity index (χ4v) is 5.78. The molecule has 1 heterocycles. The summed E-state index contributed by atoms with van der Waals surface area (Å²) in [6, 6.07) is 32.2. The Labute approximate surface area is 233 Å². The molecule has 0 unspecified atom stereocenters. The summed E-state index contributed by atoms with van der Waals surface area (Å²) >= 11 is 5.58. The zero-order chi connectivity index (χ0) is 27.2. The van der Waals surface area contributed by atoms with E-state index in [1.54, 1.807) is 36.4 Å². The smallest absolute Gasteiger partial charge is 0.270 e. The number of aromatic nitrogens is 1. The molecule has 0 saturated carbocycles. The number of ether oxygens (including phenoxy) is 1. The molecule has 39 heavy (non-hydrogen) atoms. The van der Waals surface area contributed by atoms with Crippen LogP contribution in [0, 0.1) is 4.84 Å². The van der Waals surface area contributed by atoms with Crippen LogP contribution in [0.4, 0.5) is 5.69 Å². The minimum Gasteiger partial charge on any atom is -0.495 e. The molecule has 0 fully saturated rings. The quantitative estimate of drug-likeness (QED) is 0.187. The molecule has 7 nitrogen and oxygen atoms in total. The molecule has 0 radical (unpaired) electrons. The summed E-state index contributed by atoms with van der Waals surface area (Å²) in [5.41, 5.74) is 3.92. The largest absolute Gasteiger partial charge is 0.495 e. The van der Waals surface area contributed by atoms with Crippen LogP contribution in [-0.4, -0.2) is 31.5 Å². The number of hydrogen-bond acceptors (Lipinski definition) is 6. The number of fused-ring (bicyclic) bond motifs is 1. The number of rotatable bonds is 11. The molecule has 5 rings (SSSR count). The van der Waals surface area contributed by atoms with Crippen LogP contribution in [-0.2, 0) is 29.7 Å². The maximum Gasteiger partial charge on any atom is 0.270 e. The second kappa shape index (κ2) is 11.9. The van der Waals surface area contributed by atoms with E-state index in [0.717, 1.165) is 13.0 Å². The Kier molecular flexibility index (Phi) is 8.11. The molecule has 1 N–H and O–H groups in total. The first-order valence-electron chi connectivity index (χ1n) is 12.5. The first-order valence-corrected chi connectivity index (χ1v) is 14.4. The standard InChI is InChI=1S/C30H29N3O4S2/c1-36-28-15-9-8-14-26(28)31-39(34,35)25-16-17-29-27(20-25)33(30(38)37-29)22-32(21-24-12-6-3-7-13-24)19-18-23-10-4-2-5-11-23/h2-17,20,31H,18-19,21-22H2,1H3. The van der Waals surface area contributed by atoms with Crippen LogP contribution in [0.25, 0.3) is 11.1 Å². The highest BCUT2D eigenvalue weighted by Gasteiger charge is 2.20. The second-order valence-corrected chi connectivity index (χ2v) is 11.2. The first-order chi connectivity index (χ1) is 18.9. The zero-order valence-corrected chi connectivity index (χ0v) is 23.1. The van der Waals surface area contributed by atoms with E-state index in [2.05, 4.69) is 33.9 Å². The van der Waals surface area contributed by atoms with E-state index in [1.165, 1.54) is 24.3 Å². The lowest BCUT2D eigenvalue weighted by molar-refractivity contribution is 0.210. The van der Waals surface area contributed by atoms with Gasteiger partial charge in [-0.25, -0.2) is 8.42 Å². The maximum atomic E-state index is 13.3. The Morgan fingerprint density at radius 2 is 1.56 bits per heavy atom. The summed E-state index contributed by atoms with van der Waals surface area (Å²) in [5, 5.41) is 0. The zero-order valence-electron chi connectivity index (χ0n) is 21.5. The lowest BCUT2D eigenvalue weighted by Gasteiger charge is -2.23. The summed E-state index contributed by atoms with van der Waals surface area (Å²) in [6.07, 6.45) is 0.860.